The lowest BCUT2D eigenvalue weighted by molar-refractivity contribution is 0.112. The van der Waals surface area contributed by atoms with Gasteiger partial charge in [-0.3, -0.25) is 9.78 Å². The van der Waals surface area contributed by atoms with Gasteiger partial charge in [0.1, 0.15) is 17.8 Å². The van der Waals surface area contributed by atoms with Crippen molar-refractivity contribution in [3.63, 3.8) is 0 Å². The van der Waals surface area contributed by atoms with Crippen molar-refractivity contribution in [3.05, 3.63) is 64.8 Å². The molecule has 0 unspecified atom stereocenters. The lowest BCUT2D eigenvalue weighted by Gasteiger charge is -2.08. The third kappa shape index (κ3) is 2.56. The molecule has 0 fully saturated rings. The van der Waals surface area contributed by atoms with Crippen LogP contribution in [0.4, 0.5) is 0 Å². The van der Waals surface area contributed by atoms with Gasteiger partial charge in [0.15, 0.2) is 0 Å². The number of rotatable bonds is 3. The van der Waals surface area contributed by atoms with Crippen LogP contribution >= 0.6 is 15.9 Å². The van der Waals surface area contributed by atoms with Crippen LogP contribution in [0.5, 0.6) is 11.5 Å². The Balaban J connectivity index is 1.94. The molecule has 4 heteroatoms. The average molecular weight is 328 g/mol. The molecule has 0 amide bonds. The number of hydrogen-bond donors (Lipinski definition) is 0. The van der Waals surface area contributed by atoms with E-state index in [1.54, 1.807) is 24.4 Å². The fourth-order valence-electron chi connectivity index (χ4n) is 1.91. The highest BCUT2D eigenvalue weighted by molar-refractivity contribution is 9.10. The summed E-state index contributed by atoms with van der Waals surface area (Å²) in [6, 6.07) is 14.8. The van der Waals surface area contributed by atoms with Crippen molar-refractivity contribution in [2.75, 3.05) is 0 Å². The number of aromatic nitrogens is 1. The van der Waals surface area contributed by atoms with Gasteiger partial charge in [-0.2, -0.15) is 0 Å². The summed E-state index contributed by atoms with van der Waals surface area (Å²) in [5.41, 5.74) is 1.48. The molecule has 0 bridgehead atoms. The van der Waals surface area contributed by atoms with Crippen LogP contribution in [0.1, 0.15) is 10.4 Å². The van der Waals surface area contributed by atoms with E-state index in [0.717, 1.165) is 21.7 Å². The number of halogens is 1. The summed E-state index contributed by atoms with van der Waals surface area (Å²) in [5.74, 6) is 1.36. The highest BCUT2D eigenvalue weighted by Crippen LogP contribution is 2.31. The van der Waals surface area contributed by atoms with Gasteiger partial charge in [-0.15, -0.1) is 0 Å². The second kappa shape index (κ2) is 5.43. The Hall–Kier alpha value is -2.20. The molecule has 3 nitrogen and oxygen atoms in total. The van der Waals surface area contributed by atoms with Crippen LogP contribution in [0, 0.1) is 0 Å². The van der Waals surface area contributed by atoms with Crippen LogP contribution in [0.15, 0.2) is 59.2 Å². The topological polar surface area (TPSA) is 39.2 Å². The number of nitrogens with zero attached hydrogens (tertiary/aromatic N) is 1. The van der Waals surface area contributed by atoms with E-state index in [2.05, 4.69) is 20.9 Å². The molecule has 0 spiro atoms. The Morgan fingerprint density at radius 3 is 2.80 bits per heavy atom. The number of carbonyl (C=O) groups is 1. The predicted octanol–water partition coefficient (Wildman–Crippen LogP) is 4.60. The Morgan fingerprint density at radius 2 is 2.00 bits per heavy atom. The van der Waals surface area contributed by atoms with Gasteiger partial charge >= 0.3 is 0 Å². The molecule has 0 aliphatic carbocycles. The minimum absolute atomic E-state index is 0.601. The Morgan fingerprint density at radius 1 is 1.10 bits per heavy atom. The van der Waals surface area contributed by atoms with Crippen LogP contribution in [0.2, 0.25) is 0 Å². The first-order valence-electron chi connectivity index (χ1n) is 6.03. The van der Waals surface area contributed by atoms with Gasteiger partial charge in [-0.25, -0.2) is 0 Å². The van der Waals surface area contributed by atoms with E-state index in [0.29, 0.717) is 17.1 Å². The first kappa shape index (κ1) is 12.8. The highest BCUT2D eigenvalue weighted by Gasteiger charge is 2.05. The second-order valence-corrected chi connectivity index (χ2v) is 5.12. The van der Waals surface area contributed by atoms with Crippen LogP contribution in [0.3, 0.4) is 0 Å². The lowest BCUT2D eigenvalue weighted by Crippen LogP contribution is -1.88. The molecule has 3 aromatic rings. The number of ether oxygens (including phenoxy) is 1. The first-order chi connectivity index (χ1) is 9.76. The van der Waals surface area contributed by atoms with Gasteiger partial charge in [0.05, 0.1) is 9.99 Å². The van der Waals surface area contributed by atoms with E-state index in [-0.39, 0.29) is 0 Å². The molecule has 0 aliphatic heterocycles. The molecule has 0 atom stereocenters. The maximum Gasteiger partial charge on any atom is 0.150 e. The summed E-state index contributed by atoms with van der Waals surface area (Å²) in [7, 11) is 0. The van der Waals surface area contributed by atoms with E-state index < -0.39 is 0 Å². The maximum atomic E-state index is 10.7. The van der Waals surface area contributed by atoms with E-state index in [9.17, 15) is 4.79 Å². The zero-order valence-corrected chi connectivity index (χ0v) is 12.0. The van der Waals surface area contributed by atoms with E-state index in [1.807, 2.05) is 30.3 Å². The molecule has 0 aliphatic rings. The smallest absolute Gasteiger partial charge is 0.150 e. The molecular formula is C16H10BrNO2. The molecule has 98 valence electrons. The van der Waals surface area contributed by atoms with Gasteiger partial charge in [-0.05, 0) is 52.3 Å². The van der Waals surface area contributed by atoms with E-state index in [4.69, 9.17) is 4.74 Å². The van der Waals surface area contributed by atoms with E-state index in [1.165, 1.54) is 0 Å². The van der Waals surface area contributed by atoms with Gasteiger partial charge < -0.3 is 4.74 Å². The lowest BCUT2D eigenvalue weighted by atomic mass is 10.2. The molecule has 0 saturated carbocycles. The minimum atomic E-state index is 0.601. The summed E-state index contributed by atoms with van der Waals surface area (Å²) in [5, 5.41) is 1.07. The summed E-state index contributed by atoms with van der Waals surface area (Å²) >= 11 is 3.40. The Kier molecular flexibility index (Phi) is 3.48. The van der Waals surface area contributed by atoms with Gasteiger partial charge in [0.25, 0.3) is 0 Å². The number of fused-ring (bicyclic) bond motifs is 1. The molecular weight excluding hydrogens is 318 g/mol. The zero-order valence-electron chi connectivity index (χ0n) is 10.4. The number of hydrogen-bond acceptors (Lipinski definition) is 3. The molecule has 1 aromatic heterocycles. The summed E-state index contributed by atoms with van der Waals surface area (Å²) in [4.78, 5) is 15.0. The van der Waals surface area contributed by atoms with Gasteiger partial charge in [0, 0.05) is 23.2 Å². The fraction of sp³-hybridized carbons (Fsp3) is 0. The molecule has 0 radical (unpaired) electrons. The van der Waals surface area contributed by atoms with Gasteiger partial charge in [0.2, 0.25) is 0 Å². The van der Waals surface area contributed by atoms with Crippen molar-refractivity contribution in [1.82, 2.24) is 4.98 Å². The summed E-state index contributed by atoms with van der Waals surface area (Å²) < 4.78 is 6.55. The highest BCUT2D eigenvalue weighted by atomic mass is 79.9. The molecule has 20 heavy (non-hydrogen) atoms. The van der Waals surface area contributed by atoms with Crippen molar-refractivity contribution in [2.45, 2.75) is 0 Å². The minimum Gasteiger partial charge on any atom is -0.456 e. The quantitative estimate of drug-likeness (QED) is 0.660. The van der Waals surface area contributed by atoms with E-state index >= 15 is 0 Å². The monoisotopic (exact) mass is 327 g/mol. The number of benzene rings is 2. The van der Waals surface area contributed by atoms with Crippen LogP contribution in [-0.4, -0.2) is 11.3 Å². The predicted molar refractivity (Wildman–Crippen MR) is 81.3 cm³/mol. The largest absolute Gasteiger partial charge is 0.456 e. The summed E-state index contributed by atoms with van der Waals surface area (Å²) in [6.07, 6.45) is 2.55. The number of aldehydes is 1. The second-order valence-electron chi connectivity index (χ2n) is 4.27. The Labute approximate surface area is 124 Å². The fourth-order valence-corrected chi connectivity index (χ4v) is 2.39. The Bertz CT molecular complexity index is 786. The van der Waals surface area contributed by atoms with Crippen LogP contribution < -0.4 is 4.74 Å². The molecule has 0 saturated heterocycles. The first-order valence-corrected chi connectivity index (χ1v) is 6.83. The van der Waals surface area contributed by atoms with Crippen molar-refractivity contribution >= 4 is 33.1 Å². The molecule has 2 aromatic carbocycles. The van der Waals surface area contributed by atoms with Gasteiger partial charge in [-0.1, -0.05) is 6.07 Å². The SMILES string of the molecule is O=Cc1ccc(Oc2ccc3cccnc3c2)c(Br)c1. The zero-order chi connectivity index (χ0) is 13.9. The third-order valence-corrected chi connectivity index (χ3v) is 3.52. The van der Waals surface area contributed by atoms with Crippen molar-refractivity contribution in [3.8, 4) is 11.5 Å². The van der Waals surface area contributed by atoms with Crippen molar-refractivity contribution < 1.29 is 9.53 Å². The standard InChI is InChI=1S/C16H10BrNO2/c17-14-8-11(10-19)3-6-16(14)20-13-5-4-12-2-1-7-18-15(12)9-13/h1-10H. The number of pyridine rings is 1. The number of carbonyl (C=O) groups excluding carboxylic acids is 1. The van der Waals surface area contributed by atoms with Crippen molar-refractivity contribution in [2.24, 2.45) is 0 Å². The summed E-state index contributed by atoms with van der Waals surface area (Å²) in [6.45, 7) is 0. The third-order valence-electron chi connectivity index (χ3n) is 2.90. The normalized spacial score (nSPS) is 10.4. The molecule has 1 heterocycles. The maximum absolute atomic E-state index is 10.7. The van der Waals surface area contributed by atoms with Crippen LogP contribution in [-0.2, 0) is 0 Å². The molecule has 0 N–H and O–H groups in total. The average Bonchev–Trinajstić information content (AvgIpc) is 2.49. The molecule has 3 rings (SSSR count). The van der Waals surface area contributed by atoms with Crippen molar-refractivity contribution in [1.29, 1.82) is 0 Å². The van der Waals surface area contributed by atoms with Crippen LogP contribution in [0.25, 0.3) is 10.9 Å².